The number of nitrogens with one attached hydrogen (secondary N) is 1. The summed E-state index contributed by atoms with van der Waals surface area (Å²) in [4.78, 5) is 13.0. The summed E-state index contributed by atoms with van der Waals surface area (Å²) < 4.78 is 18.6. The maximum Gasteiger partial charge on any atom is 0.254 e. The minimum atomic E-state index is -0.588. The van der Waals surface area contributed by atoms with Gasteiger partial charge in [-0.15, -0.1) is 11.3 Å². The average molecular weight is 279 g/mol. The molecule has 0 saturated heterocycles. The number of carbonyl (C=O) groups is 1. The van der Waals surface area contributed by atoms with Gasteiger partial charge in [0.25, 0.3) is 5.91 Å². The number of rotatable bonds is 4. The lowest BCUT2D eigenvalue weighted by molar-refractivity contribution is 0.0936. The minimum absolute atomic E-state index is 0.0178. The maximum atomic E-state index is 13.7. The number of ether oxygens (including phenoxy) is 1. The van der Waals surface area contributed by atoms with E-state index >= 15 is 0 Å². The molecule has 1 heterocycles. The summed E-state index contributed by atoms with van der Waals surface area (Å²) in [6, 6.07) is 7.88. The van der Waals surface area contributed by atoms with Gasteiger partial charge in [-0.3, -0.25) is 4.79 Å². The summed E-state index contributed by atoms with van der Waals surface area (Å²) in [5.41, 5.74) is 0.0178. The van der Waals surface area contributed by atoms with Crippen molar-refractivity contribution in [3.8, 4) is 5.75 Å². The maximum absolute atomic E-state index is 13.7. The largest absolute Gasteiger partial charge is 0.497 e. The van der Waals surface area contributed by atoms with E-state index in [1.165, 1.54) is 19.2 Å². The van der Waals surface area contributed by atoms with E-state index in [1.807, 2.05) is 24.4 Å². The molecular formula is C14H14FNO2S. The number of halogens is 1. The van der Waals surface area contributed by atoms with Crippen molar-refractivity contribution in [2.75, 3.05) is 7.11 Å². The van der Waals surface area contributed by atoms with Crippen molar-refractivity contribution in [3.63, 3.8) is 0 Å². The van der Waals surface area contributed by atoms with Gasteiger partial charge in [-0.25, -0.2) is 4.39 Å². The molecule has 3 nitrogen and oxygen atoms in total. The van der Waals surface area contributed by atoms with Crippen LogP contribution >= 0.6 is 11.3 Å². The Kier molecular flexibility index (Phi) is 4.16. The Balaban J connectivity index is 2.12. The number of amides is 1. The Morgan fingerprint density at radius 2 is 2.21 bits per heavy atom. The van der Waals surface area contributed by atoms with Crippen molar-refractivity contribution in [2.45, 2.75) is 13.0 Å². The molecular weight excluding hydrogens is 265 g/mol. The Labute approximate surface area is 115 Å². The molecule has 0 aliphatic carbocycles. The predicted molar refractivity (Wildman–Crippen MR) is 73.2 cm³/mol. The predicted octanol–water partition coefficient (Wildman–Crippen LogP) is 3.39. The van der Waals surface area contributed by atoms with Gasteiger partial charge in [-0.2, -0.15) is 0 Å². The quantitative estimate of drug-likeness (QED) is 0.931. The smallest absolute Gasteiger partial charge is 0.254 e. The second kappa shape index (κ2) is 5.84. The van der Waals surface area contributed by atoms with Gasteiger partial charge in [0.15, 0.2) is 0 Å². The van der Waals surface area contributed by atoms with E-state index in [4.69, 9.17) is 4.74 Å². The van der Waals surface area contributed by atoms with Gasteiger partial charge in [0, 0.05) is 10.9 Å². The fourth-order valence-corrected chi connectivity index (χ4v) is 2.42. The first-order valence-corrected chi connectivity index (χ1v) is 6.67. The minimum Gasteiger partial charge on any atom is -0.497 e. The molecule has 2 rings (SSSR count). The van der Waals surface area contributed by atoms with Crippen molar-refractivity contribution in [2.24, 2.45) is 0 Å². The lowest BCUT2D eigenvalue weighted by Gasteiger charge is -2.13. The van der Waals surface area contributed by atoms with Gasteiger partial charge >= 0.3 is 0 Å². The van der Waals surface area contributed by atoms with E-state index in [1.54, 1.807) is 17.4 Å². The molecule has 0 radical (unpaired) electrons. The summed E-state index contributed by atoms with van der Waals surface area (Å²) in [5.74, 6) is -0.628. The van der Waals surface area contributed by atoms with Crippen LogP contribution in [-0.4, -0.2) is 13.0 Å². The van der Waals surface area contributed by atoms with Gasteiger partial charge in [0.2, 0.25) is 0 Å². The van der Waals surface area contributed by atoms with Crippen LogP contribution < -0.4 is 10.1 Å². The summed E-state index contributed by atoms with van der Waals surface area (Å²) in [7, 11) is 1.45. The van der Waals surface area contributed by atoms with E-state index in [0.717, 1.165) is 4.88 Å². The van der Waals surface area contributed by atoms with Gasteiger partial charge in [0.05, 0.1) is 18.7 Å². The number of hydrogen-bond acceptors (Lipinski definition) is 3. The highest BCUT2D eigenvalue weighted by atomic mass is 32.1. The summed E-state index contributed by atoms with van der Waals surface area (Å²) in [6.45, 7) is 1.87. The van der Waals surface area contributed by atoms with Crippen molar-refractivity contribution in [1.82, 2.24) is 5.32 Å². The van der Waals surface area contributed by atoms with Crippen LogP contribution in [0.25, 0.3) is 0 Å². The molecule has 0 aliphatic heterocycles. The van der Waals surface area contributed by atoms with Crippen molar-refractivity contribution in [3.05, 3.63) is 52.0 Å². The van der Waals surface area contributed by atoms with Gasteiger partial charge < -0.3 is 10.1 Å². The molecule has 1 N–H and O–H groups in total. The Hall–Kier alpha value is -1.88. The first-order valence-electron chi connectivity index (χ1n) is 5.79. The summed E-state index contributed by atoms with van der Waals surface area (Å²) in [5, 5.41) is 4.70. The highest BCUT2D eigenvalue weighted by Crippen LogP contribution is 2.20. The van der Waals surface area contributed by atoms with Crippen LogP contribution in [0, 0.1) is 5.82 Å². The van der Waals surface area contributed by atoms with Crippen LogP contribution in [0.3, 0.4) is 0 Å². The van der Waals surface area contributed by atoms with Gasteiger partial charge in [-0.1, -0.05) is 6.07 Å². The lowest BCUT2D eigenvalue weighted by Crippen LogP contribution is -2.26. The Morgan fingerprint density at radius 1 is 1.42 bits per heavy atom. The van der Waals surface area contributed by atoms with Gasteiger partial charge in [-0.05, 0) is 30.5 Å². The second-order valence-electron chi connectivity index (χ2n) is 4.06. The van der Waals surface area contributed by atoms with Crippen LogP contribution in [0.4, 0.5) is 4.39 Å². The molecule has 2 aromatic rings. The molecule has 1 atom stereocenters. The number of hydrogen-bond donors (Lipinski definition) is 1. The molecule has 0 spiro atoms. The highest BCUT2D eigenvalue weighted by Gasteiger charge is 2.16. The topological polar surface area (TPSA) is 38.3 Å². The zero-order valence-corrected chi connectivity index (χ0v) is 11.5. The van der Waals surface area contributed by atoms with Crippen LogP contribution in [0.15, 0.2) is 35.7 Å². The molecule has 1 aromatic carbocycles. The third-order valence-corrected chi connectivity index (χ3v) is 3.79. The van der Waals surface area contributed by atoms with Crippen molar-refractivity contribution >= 4 is 17.2 Å². The molecule has 19 heavy (non-hydrogen) atoms. The number of carbonyl (C=O) groups excluding carboxylic acids is 1. The molecule has 1 amide bonds. The van der Waals surface area contributed by atoms with E-state index in [2.05, 4.69) is 5.32 Å². The average Bonchev–Trinajstić information content (AvgIpc) is 2.92. The zero-order valence-electron chi connectivity index (χ0n) is 10.6. The van der Waals surface area contributed by atoms with Crippen LogP contribution in [-0.2, 0) is 0 Å². The molecule has 0 bridgehead atoms. The number of benzene rings is 1. The normalized spacial score (nSPS) is 11.9. The highest BCUT2D eigenvalue weighted by molar-refractivity contribution is 7.10. The molecule has 0 saturated carbocycles. The zero-order chi connectivity index (χ0) is 13.8. The summed E-state index contributed by atoms with van der Waals surface area (Å²) in [6.07, 6.45) is 0. The van der Waals surface area contributed by atoms with E-state index in [9.17, 15) is 9.18 Å². The standard InChI is InChI=1S/C14H14FNO2S/c1-9(13-4-3-7-19-13)16-14(17)11-6-5-10(18-2)8-12(11)15/h3-9H,1-2H3,(H,16,17)/t9-/m1/s1. The lowest BCUT2D eigenvalue weighted by atomic mass is 10.1. The fourth-order valence-electron chi connectivity index (χ4n) is 1.69. The third-order valence-electron chi connectivity index (χ3n) is 2.74. The molecule has 5 heteroatoms. The molecule has 1 aromatic heterocycles. The van der Waals surface area contributed by atoms with E-state index in [0.29, 0.717) is 5.75 Å². The molecule has 0 unspecified atom stereocenters. The van der Waals surface area contributed by atoms with Crippen molar-refractivity contribution in [1.29, 1.82) is 0 Å². The van der Waals surface area contributed by atoms with E-state index in [-0.39, 0.29) is 11.6 Å². The third kappa shape index (κ3) is 3.12. The SMILES string of the molecule is COc1ccc(C(=O)N[C@H](C)c2cccs2)c(F)c1. The van der Waals surface area contributed by atoms with Crippen LogP contribution in [0.1, 0.15) is 28.2 Å². The molecule has 0 aliphatic rings. The van der Waals surface area contributed by atoms with Crippen LogP contribution in [0.2, 0.25) is 0 Å². The second-order valence-corrected chi connectivity index (χ2v) is 5.04. The molecule has 100 valence electrons. The Morgan fingerprint density at radius 3 is 2.79 bits per heavy atom. The van der Waals surface area contributed by atoms with Crippen molar-refractivity contribution < 1.29 is 13.9 Å². The summed E-state index contributed by atoms with van der Waals surface area (Å²) >= 11 is 1.55. The Bertz CT molecular complexity index is 569. The molecule has 0 fully saturated rings. The van der Waals surface area contributed by atoms with Crippen LogP contribution in [0.5, 0.6) is 5.75 Å². The first kappa shape index (κ1) is 13.5. The number of thiophene rings is 1. The van der Waals surface area contributed by atoms with Gasteiger partial charge in [0.1, 0.15) is 11.6 Å². The monoisotopic (exact) mass is 279 g/mol. The van der Waals surface area contributed by atoms with E-state index < -0.39 is 11.7 Å². The number of methoxy groups -OCH3 is 1. The first-order chi connectivity index (χ1) is 9.11. The fraction of sp³-hybridized carbons (Fsp3) is 0.214.